The van der Waals surface area contributed by atoms with Crippen molar-refractivity contribution in [2.24, 2.45) is 0 Å². The predicted molar refractivity (Wildman–Crippen MR) is 78.2 cm³/mol. The maximum absolute atomic E-state index is 4.71. The number of hydrogen-bond donors (Lipinski definition) is 1. The van der Waals surface area contributed by atoms with E-state index in [1.54, 1.807) is 0 Å². The fraction of sp³-hybridized carbons (Fsp3) is 0.500. The summed E-state index contributed by atoms with van der Waals surface area (Å²) in [6, 6.07) is 6.16. The number of thioether (sulfide) groups is 1. The summed E-state index contributed by atoms with van der Waals surface area (Å²) in [7, 11) is 1.98. The Hall–Kier alpha value is -1.00. The largest absolute Gasteiger partial charge is 0.314 e. The standard InChI is InChI=1S/C14H21N3S/c1-3-4-7-10-18-14-12(11-15-2)17-9-6-5-8-13(17)16-14/h5-6,8-9,15H,3-4,7,10-11H2,1-2H3. The van der Waals surface area contributed by atoms with Crippen molar-refractivity contribution in [3.05, 3.63) is 30.1 Å². The Balaban J connectivity index is 2.17. The van der Waals surface area contributed by atoms with Gasteiger partial charge in [-0.2, -0.15) is 0 Å². The van der Waals surface area contributed by atoms with E-state index in [1.807, 2.05) is 24.9 Å². The van der Waals surface area contributed by atoms with Crippen LogP contribution in [0.2, 0.25) is 0 Å². The summed E-state index contributed by atoms with van der Waals surface area (Å²) in [6.45, 7) is 3.10. The van der Waals surface area contributed by atoms with Gasteiger partial charge in [0.05, 0.1) is 5.69 Å². The van der Waals surface area contributed by atoms with E-state index < -0.39 is 0 Å². The van der Waals surface area contributed by atoms with Crippen LogP contribution in [0.15, 0.2) is 29.4 Å². The minimum Gasteiger partial charge on any atom is -0.314 e. The van der Waals surface area contributed by atoms with Gasteiger partial charge in [-0.05, 0) is 31.4 Å². The molecule has 0 saturated carbocycles. The molecule has 0 aliphatic rings. The molecule has 98 valence electrons. The van der Waals surface area contributed by atoms with Crippen LogP contribution in [-0.4, -0.2) is 22.2 Å². The zero-order chi connectivity index (χ0) is 12.8. The van der Waals surface area contributed by atoms with Gasteiger partial charge in [0.1, 0.15) is 10.7 Å². The van der Waals surface area contributed by atoms with Crippen molar-refractivity contribution in [2.45, 2.75) is 37.8 Å². The Morgan fingerprint density at radius 3 is 3.00 bits per heavy atom. The van der Waals surface area contributed by atoms with Crippen LogP contribution in [-0.2, 0) is 6.54 Å². The number of pyridine rings is 1. The number of aromatic nitrogens is 2. The van der Waals surface area contributed by atoms with E-state index in [-0.39, 0.29) is 0 Å². The number of nitrogens with one attached hydrogen (secondary N) is 1. The van der Waals surface area contributed by atoms with Gasteiger partial charge in [-0.15, -0.1) is 11.8 Å². The lowest BCUT2D eigenvalue weighted by Gasteiger charge is -2.03. The molecule has 0 aliphatic carbocycles. The van der Waals surface area contributed by atoms with Gasteiger partial charge >= 0.3 is 0 Å². The molecule has 0 saturated heterocycles. The zero-order valence-electron chi connectivity index (χ0n) is 11.1. The molecule has 3 nitrogen and oxygen atoms in total. The third kappa shape index (κ3) is 3.06. The van der Waals surface area contributed by atoms with E-state index >= 15 is 0 Å². The lowest BCUT2D eigenvalue weighted by Crippen LogP contribution is -2.08. The topological polar surface area (TPSA) is 29.3 Å². The highest BCUT2D eigenvalue weighted by Gasteiger charge is 2.10. The molecule has 2 aromatic heterocycles. The molecular formula is C14H21N3S. The minimum atomic E-state index is 0.862. The maximum atomic E-state index is 4.71. The van der Waals surface area contributed by atoms with Crippen molar-refractivity contribution in [3.8, 4) is 0 Å². The zero-order valence-corrected chi connectivity index (χ0v) is 12.0. The Labute approximate surface area is 113 Å². The number of hydrogen-bond acceptors (Lipinski definition) is 3. The van der Waals surface area contributed by atoms with E-state index in [0.717, 1.165) is 17.9 Å². The minimum absolute atomic E-state index is 0.862. The van der Waals surface area contributed by atoms with Gasteiger partial charge in [0.2, 0.25) is 0 Å². The van der Waals surface area contributed by atoms with Crippen LogP contribution in [0.5, 0.6) is 0 Å². The SMILES string of the molecule is CCCCCSc1nc2ccccn2c1CNC. The Morgan fingerprint density at radius 1 is 1.33 bits per heavy atom. The summed E-state index contributed by atoms with van der Waals surface area (Å²) in [4.78, 5) is 4.71. The van der Waals surface area contributed by atoms with Gasteiger partial charge in [-0.3, -0.25) is 0 Å². The van der Waals surface area contributed by atoms with Crippen LogP contribution < -0.4 is 5.32 Å². The third-order valence-corrected chi connectivity index (χ3v) is 4.02. The number of rotatable bonds is 7. The van der Waals surface area contributed by atoms with Gasteiger partial charge in [0.25, 0.3) is 0 Å². The van der Waals surface area contributed by atoms with Crippen molar-refractivity contribution in [3.63, 3.8) is 0 Å². The first-order valence-electron chi connectivity index (χ1n) is 6.60. The van der Waals surface area contributed by atoms with Crippen molar-refractivity contribution < 1.29 is 0 Å². The second kappa shape index (κ2) is 6.81. The summed E-state index contributed by atoms with van der Waals surface area (Å²) in [6.07, 6.45) is 5.94. The van der Waals surface area contributed by atoms with Gasteiger partial charge in [-0.1, -0.05) is 25.8 Å². The molecule has 2 heterocycles. The fourth-order valence-corrected chi connectivity index (χ4v) is 3.03. The van der Waals surface area contributed by atoms with E-state index in [1.165, 1.54) is 30.0 Å². The van der Waals surface area contributed by atoms with Crippen LogP contribution in [0.25, 0.3) is 5.65 Å². The van der Waals surface area contributed by atoms with Gasteiger partial charge in [-0.25, -0.2) is 4.98 Å². The molecule has 2 aromatic rings. The molecule has 0 radical (unpaired) electrons. The molecule has 0 bridgehead atoms. The summed E-state index contributed by atoms with van der Waals surface area (Å²) in [5.74, 6) is 1.16. The third-order valence-electron chi connectivity index (χ3n) is 2.92. The van der Waals surface area contributed by atoms with E-state index in [4.69, 9.17) is 4.98 Å². The number of unbranched alkanes of at least 4 members (excludes halogenated alkanes) is 2. The number of nitrogens with zero attached hydrogens (tertiary/aromatic N) is 2. The van der Waals surface area contributed by atoms with Crippen molar-refractivity contribution in [1.82, 2.24) is 14.7 Å². The summed E-state index contributed by atoms with van der Waals surface area (Å²) < 4.78 is 2.18. The second-order valence-corrected chi connectivity index (χ2v) is 5.46. The molecule has 0 aliphatic heterocycles. The summed E-state index contributed by atoms with van der Waals surface area (Å²) in [5.41, 5.74) is 2.32. The fourth-order valence-electron chi connectivity index (χ4n) is 1.99. The highest BCUT2D eigenvalue weighted by atomic mass is 32.2. The van der Waals surface area contributed by atoms with Crippen molar-refractivity contribution in [1.29, 1.82) is 0 Å². The summed E-state index contributed by atoms with van der Waals surface area (Å²) in [5, 5.41) is 4.40. The van der Waals surface area contributed by atoms with Crippen LogP contribution in [0.1, 0.15) is 31.9 Å². The predicted octanol–water partition coefficient (Wildman–Crippen LogP) is 3.34. The molecule has 0 unspecified atom stereocenters. The molecule has 0 atom stereocenters. The average Bonchev–Trinajstić information content (AvgIpc) is 2.74. The Bertz CT molecular complexity index is 493. The summed E-state index contributed by atoms with van der Waals surface area (Å²) >= 11 is 1.88. The molecule has 0 fully saturated rings. The quantitative estimate of drug-likeness (QED) is 0.613. The maximum Gasteiger partial charge on any atom is 0.138 e. The van der Waals surface area contributed by atoms with Gasteiger partial charge in [0, 0.05) is 12.7 Å². The van der Waals surface area contributed by atoms with Crippen LogP contribution in [0.4, 0.5) is 0 Å². The van der Waals surface area contributed by atoms with Gasteiger partial charge in [0.15, 0.2) is 0 Å². The molecule has 2 rings (SSSR count). The lowest BCUT2D eigenvalue weighted by atomic mass is 10.3. The average molecular weight is 263 g/mol. The normalized spacial score (nSPS) is 11.2. The lowest BCUT2D eigenvalue weighted by molar-refractivity contribution is 0.761. The molecule has 0 spiro atoms. The first-order chi connectivity index (χ1) is 8.86. The van der Waals surface area contributed by atoms with Crippen LogP contribution in [0, 0.1) is 0 Å². The molecule has 0 amide bonds. The van der Waals surface area contributed by atoms with Crippen LogP contribution >= 0.6 is 11.8 Å². The molecular weight excluding hydrogens is 242 g/mol. The monoisotopic (exact) mass is 263 g/mol. The van der Waals surface area contributed by atoms with Crippen molar-refractivity contribution in [2.75, 3.05) is 12.8 Å². The highest BCUT2D eigenvalue weighted by Crippen LogP contribution is 2.24. The highest BCUT2D eigenvalue weighted by molar-refractivity contribution is 7.99. The van der Waals surface area contributed by atoms with E-state index in [2.05, 4.69) is 35.0 Å². The van der Waals surface area contributed by atoms with E-state index in [9.17, 15) is 0 Å². The first kappa shape index (κ1) is 13.4. The molecule has 0 aromatic carbocycles. The van der Waals surface area contributed by atoms with Crippen LogP contribution in [0.3, 0.4) is 0 Å². The van der Waals surface area contributed by atoms with E-state index in [0.29, 0.717) is 0 Å². The Kier molecular flexibility index (Phi) is 5.08. The molecule has 1 N–H and O–H groups in total. The number of fused-ring (bicyclic) bond motifs is 1. The van der Waals surface area contributed by atoms with Crippen molar-refractivity contribution >= 4 is 17.4 Å². The molecule has 18 heavy (non-hydrogen) atoms. The first-order valence-corrected chi connectivity index (χ1v) is 7.58. The Morgan fingerprint density at radius 2 is 2.22 bits per heavy atom. The second-order valence-electron chi connectivity index (χ2n) is 4.38. The smallest absolute Gasteiger partial charge is 0.138 e. The van der Waals surface area contributed by atoms with Gasteiger partial charge < -0.3 is 9.72 Å². The molecule has 4 heteroatoms. The number of imidazole rings is 1.